The number of amides is 2. The highest BCUT2D eigenvalue weighted by molar-refractivity contribution is 5.73. The van der Waals surface area contributed by atoms with Crippen LogP contribution in [0.3, 0.4) is 0 Å². The van der Waals surface area contributed by atoms with Gasteiger partial charge < -0.3 is 19.8 Å². The Kier molecular flexibility index (Phi) is 5.64. The van der Waals surface area contributed by atoms with Gasteiger partial charge in [0, 0.05) is 39.0 Å². The summed E-state index contributed by atoms with van der Waals surface area (Å²) >= 11 is 0. The van der Waals surface area contributed by atoms with Crippen LogP contribution in [0.5, 0.6) is 0 Å². The molecule has 0 spiro atoms. The number of carbonyl (C=O) groups is 1. The zero-order chi connectivity index (χ0) is 17.5. The largest absolute Gasteiger partial charge is 0.380 e. The Morgan fingerprint density at radius 2 is 1.92 bits per heavy atom. The van der Waals surface area contributed by atoms with Crippen molar-refractivity contribution in [2.45, 2.75) is 19.6 Å². The van der Waals surface area contributed by atoms with Gasteiger partial charge in [-0.1, -0.05) is 30.3 Å². The number of nitrogens with one attached hydrogen (secondary N) is 2. The molecular weight excluding hydrogens is 316 g/mol. The minimum atomic E-state index is -0.184. The van der Waals surface area contributed by atoms with Crippen molar-refractivity contribution in [2.75, 3.05) is 13.7 Å². The van der Waals surface area contributed by atoms with Gasteiger partial charge in [0.05, 0.1) is 12.3 Å². The number of benzene rings is 1. The Bertz CT molecular complexity index is 811. The van der Waals surface area contributed by atoms with Gasteiger partial charge in [0.25, 0.3) is 0 Å². The summed E-state index contributed by atoms with van der Waals surface area (Å²) in [7, 11) is 1.66. The van der Waals surface area contributed by atoms with Crippen LogP contribution in [0.15, 0.2) is 54.9 Å². The van der Waals surface area contributed by atoms with Gasteiger partial charge >= 0.3 is 6.03 Å². The third-order valence-electron chi connectivity index (χ3n) is 3.94. The van der Waals surface area contributed by atoms with E-state index in [1.807, 2.05) is 59.3 Å². The maximum atomic E-state index is 12.0. The lowest BCUT2D eigenvalue weighted by Crippen LogP contribution is -2.36. The first-order valence-electron chi connectivity index (χ1n) is 8.26. The molecule has 2 heterocycles. The highest BCUT2D eigenvalue weighted by Gasteiger charge is 2.05. The van der Waals surface area contributed by atoms with Crippen LogP contribution in [0.4, 0.5) is 4.79 Å². The summed E-state index contributed by atoms with van der Waals surface area (Å²) in [6.07, 6.45) is 4.63. The summed E-state index contributed by atoms with van der Waals surface area (Å²) in [5.74, 6) is 0. The molecule has 0 fully saturated rings. The normalized spacial score (nSPS) is 10.8. The summed E-state index contributed by atoms with van der Waals surface area (Å²) in [6.45, 7) is 1.54. The Hall–Kier alpha value is -2.86. The number of hydrogen-bond acceptors (Lipinski definition) is 3. The molecule has 2 aromatic heterocycles. The van der Waals surface area contributed by atoms with Crippen LogP contribution in [-0.2, 0) is 24.3 Å². The molecule has 2 amide bonds. The van der Waals surface area contributed by atoms with E-state index in [1.165, 1.54) is 0 Å². The average Bonchev–Trinajstić information content (AvgIpc) is 3.04. The van der Waals surface area contributed by atoms with E-state index in [2.05, 4.69) is 15.6 Å². The molecule has 25 heavy (non-hydrogen) atoms. The average molecular weight is 338 g/mol. The van der Waals surface area contributed by atoms with Crippen molar-refractivity contribution in [3.05, 3.63) is 71.7 Å². The standard InChI is InChI=1S/C19H22N4O2/c1-25-14-16-7-3-2-6-15(16)12-21-19(24)20-10-9-17-13-23-11-5-4-8-18(23)22-17/h2-8,11,13H,9-10,12,14H2,1H3,(H2,20,21,24). The first-order valence-corrected chi connectivity index (χ1v) is 8.26. The van der Waals surface area contributed by atoms with E-state index < -0.39 is 0 Å². The molecular formula is C19H22N4O2. The fraction of sp³-hybridized carbons (Fsp3) is 0.263. The van der Waals surface area contributed by atoms with E-state index in [0.717, 1.165) is 22.5 Å². The second kappa shape index (κ2) is 8.30. The first-order chi connectivity index (χ1) is 12.3. The van der Waals surface area contributed by atoms with Crippen molar-refractivity contribution in [3.8, 4) is 0 Å². The van der Waals surface area contributed by atoms with E-state index in [4.69, 9.17) is 4.74 Å². The minimum Gasteiger partial charge on any atom is -0.380 e. The van der Waals surface area contributed by atoms with E-state index in [1.54, 1.807) is 7.11 Å². The SMILES string of the molecule is COCc1ccccc1CNC(=O)NCCc1cn2ccccc2n1. The van der Waals surface area contributed by atoms with Crippen molar-refractivity contribution in [1.82, 2.24) is 20.0 Å². The zero-order valence-electron chi connectivity index (χ0n) is 14.2. The summed E-state index contributed by atoms with van der Waals surface area (Å²) < 4.78 is 7.15. The van der Waals surface area contributed by atoms with Crippen LogP contribution >= 0.6 is 0 Å². The van der Waals surface area contributed by atoms with Gasteiger partial charge in [0.15, 0.2) is 0 Å². The Labute approximate surface area is 146 Å². The molecule has 0 bridgehead atoms. The van der Waals surface area contributed by atoms with Gasteiger partial charge in [-0.25, -0.2) is 9.78 Å². The quantitative estimate of drug-likeness (QED) is 0.696. The lowest BCUT2D eigenvalue weighted by molar-refractivity contribution is 0.184. The van der Waals surface area contributed by atoms with Crippen LogP contribution in [-0.4, -0.2) is 29.1 Å². The van der Waals surface area contributed by atoms with Crippen molar-refractivity contribution in [1.29, 1.82) is 0 Å². The van der Waals surface area contributed by atoms with Crippen molar-refractivity contribution in [2.24, 2.45) is 0 Å². The molecule has 130 valence electrons. The number of carbonyl (C=O) groups excluding carboxylic acids is 1. The van der Waals surface area contributed by atoms with Crippen molar-refractivity contribution < 1.29 is 9.53 Å². The molecule has 6 heteroatoms. The molecule has 2 N–H and O–H groups in total. The molecule has 6 nitrogen and oxygen atoms in total. The number of methoxy groups -OCH3 is 1. The highest BCUT2D eigenvalue weighted by atomic mass is 16.5. The Morgan fingerprint density at radius 1 is 1.12 bits per heavy atom. The highest BCUT2D eigenvalue weighted by Crippen LogP contribution is 2.09. The lowest BCUT2D eigenvalue weighted by atomic mass is 10.1. The van der Waals surface area contributed by atoms with Gasteiger partial charge in [-0.3, -0.25) is 0 Å². The fourth-order valence-corrected chi connectivity index (χ4v) is 2.68. The van der Waals surface area contributed by atoms with Gasteiger partial charge in [0.1, 0.15) is 5.65 Å². The first kappa shape index (κ1) is 17.0. The molecule has 0 aliphatic heterocycles. The Balaban J connectivity index is 1.45. The van der Waals surface area contributed by atoms with Crippen LogP contribution in [0.25, 0.3) is 5.65 Å². The van der Waals surface area contributed by atoms with Gasteiger partial charge in [-0.15, -0.1) is 0 Å². The van der Waals surface area contributed by atoms with Crippen molar-refractivity contribution in [3.63, 3.8) is 0 Å². The van der Waals surface area contributed by atoms with E-state index in [9.17, 15) is 4.79 Å². The number of imidazole rings is 1. The molecule has 0 aliphatic rings. The molecule has 0 atom stereocenters. The predicted molar refractivity (Wildman–Crippen MR) is 96.3 cm³/mol. The summed E-state index contributed by atoms with van der Waals surface area (Å²) in [5, 5.41) is 5.75. The molecule has 0 unspecified atom stereocenters. The van der Waals surface area contributed by atoms with Crippen LogP contribution < -0.4 is 10.6 Å². The number of nitrogens with zero attached hydrogens (tertiary/aromatic N) is 2. The maximum absolute atomic E-state index is 12.0. The number of urea groups is 1. The summed E-state index contributed by atoms with van der Waals surface area (Å²) in [4.78, 5) is 16.5. The molecule has 0 saturated heterocycles. The monoisotopic (exact) mass is 338 g/mol. The number of rotatable bonds is 7. The van der Waals surface area contributed by atoms with E-state index >= 15 is 0 Å². The molecule has 0 radical (unpaired) electrons. The summed E-state index contributed by atoms with van der Waals surface area (Å²) in [5.41, 5.74) is 4.00. The third-order valence-corrected chi connectivity index (χ3v) is 3.94. The molecule has 3 rings (SSSR count). The second-order valence-corrected chi connectivity index (χ2v) is 5.76. The smallest absolute Gasteiger partial charge is 0.315 e. The number of fused-ring (bicyclic) bond motifs is 1. The van der Waals surface area contributed by atoms with Gasteiger partial charge in [-0.05, 0) is 23.3 Å². The number of hydrogen-bond donors (Lipinski definition) is 2. The molecule has 0 aliphatic carbocycles. The van der Waals surface area contributed by atoms with Crippen LogP contribution in [0, 0.1) is 0 Å². The van der Waals surface area contributed by atoms with Crippen molar-refractivity contribution >= 4 is 11.7 Å². The lowest BCUT2D eigenvalue weighted by Gasteiger charge is -2.10. The fourth-order valence-electron chi connectivity index (χ4n) is 2.68. The van der Waals surface area contributed by atoms with Gasteiger partial charge in [0.2, 0.25) is 0 Å². The van der Waals surface area contributed by atoms with E-state index in [-0.39, 0.29) is 6.03 Å². The predicted octanol–water partition coefficient (Wildman–Crippen LogP) is 2.52. The molecule has 0 saturated carbocycles. The van der Waals surface area contributed by atoms with E-state index in [0.29, 0.717) is 26.1 Å². The number of pyridine rings is 1. The molecule has 1 aromatic carbocycles. The topological polar surface area (TPSA) is 67.7 Å². The third kappa shape index (κ3) is 4.58. The second-order valence-electron chi connectivity index (χ2n) is 5.76. The summed E-state index contributed by atoms with van der Waals surface area (Å²) in [6, 6.07) is 13.6. The maximum Gasteiger partial charge on any atom is 0.315 e. The van der Waals surface area contributed by atoms with Gasteiger partial charge in [-0.2, -0.15) is 0 Å². The zero-order valence-corrected chi connectivity index (χ0v) is 14.2. The minimum absolute atomic E-state index is 0.184. The molecule has 3 aromatic rings. The van der Waals surface area contributed by atoms with Crippen LogP contribution in [0.2, 0.25) is 0 Å². The Morgan fingerprint density at radius 3 is 2.72 bits per heavy atom. The number of aromatic nitrogens is 2. The van der Waals surface area contributed by atoms with Crippen LogP contribution in [0.1, 0.15) is 16.8 Å². The number of ether oxygens (including phenoxy) is 1.